The lowest BCUT2D eigenvalue weighted by Gasteiger charge is -2.44. The van der Waals surface area contributed by atoms with E-state index < -0.39 is 5.97 Å². The second kappa shape index (κ2) is 11.5. The van der Waals surface area contributed by atoms with Gasteiger partial charge in [0.1, 0.15) is 12.0 Å². The van der Waals surface area contributed by atoms with E-state index in [9.17, 15) is 9.90 Å². The molecule has 0 saturated heterocycles. The summed E-state index contributed by atoms with van der Waals surface area (Å²) in [7, 11) is 0. The van der Waals surface area contributed by atoms with Gasteiger partial charge in [-0.05, 0) is 79.0 Å². The molecule has 0 atom stereocenters. The summed E-state index contributed by atoms with van der Waals surface area (Å²) in [6.07, 6.45) is 10.4. The number of aliphatic carboxylic acids is 1. The van der Waals surface area contributed by atoms with Gasteiger partial charge in [0.25, 0.3) is 0 Å². The van der Waals surface area contributed by atoms with E-state index in [4.69, 9.17) is 10.7 Å². The van der Waals surface area contributed by atoms with Crippen LogP contribution in [0.15, 0.2) is 29.5 Å². The van der Waals surface area contributed by atoms with Crippen LogP contribution in [0.25, 0.3) is 0 Å². The smallest absolute Gasteiger partial charge is 0.303 e. The Morgan fingerprint density at radius 1 is 1.08 bits per heavy atom. The average molecular weight is 493 g/mol. The zero-order valence-corrected chi connectivity index (χ0v) is 23.0. The van der Waals surface area contributed by atoms with Crippen molar-refractivity contribution in [1.29, 1.82) is 0 Å². The Balaban J connectivity index is 0.000000861. The molecule has 1 aromatic heterocycles. The average Bonchev–Trinajstić information content (AvgIpc) is 2.87. The number of aliphatic imine (C=N–C) groups is 1. The number of carboxylic acids is 1. The summed E-state index contributed by atoms with van der Waals surface area (Å²) < 4.78 is 0. The molecule has 0 bridgehead atoms. The lowest BCUT2D eigenvalue weighted by molar-refractivity contribution is -0.138. The third-order valence-corrected chi connectivity index (χ3v) is 7.98. The highest BCUT2D eigenvalue weighted by Gasteiger charge is 2.41. The summed E-state index contributed by atoms with van der Waals surface area (Å²) in [6.45, 7) is 12.4. The van der Waals surface area contributed by atoms with Gasteiger partial charge in [0, 0.05) is 18.3 Å². The molecule has 1 aromatic carbocycles. The first-order valence-electron chi connectivity index (χ1n) is 13.8. The zero-order valence-electron chi connectivity index (χ0n) is 23.0. The van der Waals surface area contributed by atoms with Gasteiger partial charge in [0.2, 0.25) is 0 Å². The Labute approximate surface area is 216 Å². The number of fused-ring (bicyclic) bond motifs is 3. The fraction of sp³-hybridized carbons (Fsp3) is 0.600. The van der Waals surface area contributed by atoms with Crippen molar-refractivity contribution in [3.63, 3.8) is 0 Å². The summed E-state index contributed by atoms with van der Waals surface area (Å²) in [5.74, 6) is 0.106. The molecule has 6 nitrogen and oxygen atoms in total. The first-order chi connectivity index (χ1) is 17.3. The van der Waals surface area contributed by atoms with Crippen molar-refractivity contribution in [2.24, 2.45) is 16.3 Å². The van der Waals surface area contributed by atoms with Gasteiger partial charge in [-0.15, -0.1) is 0 Å². The Kier molecular flexibility index (Phi) is 8.91. The molecule has 5 rings (SSSR count). The van der Waals surface area contributed by atoms with Gasteiger partial charge < -0.3 is 10.8 Å². The van der Waals surface area contributed by atoms with Crippen LogP contribution in [0.2, 0.25) is 0 Å². The molecule has 0 radical (unpaired) electrons. The molecule has 1 aliphatic heterocycles. The molecule has 1 spiro atoms. The number of aromatic nitrogens is 2. The fourth-order valence-corrected chi connectivity index (χ4v) is 6.32. The number of benzene rings is 1. The molecule has 2 aromatic rings. The normalized spacial score (nSPS) is 23.6. The highest BCUT2D eigenvalue weighted by atomic mass is 16.4. The van der Waals surface area contributed by atoms with E-state index in [2.05, 4.69) is 42.0 Å². The van der Waals surface area contributed by atoms with Crippen LogP contribution in [0, 0.1) is 11.3 Å². The minimum absolute atomic E-state index is 0.136. The quantitative estimate of drug-likeness (QED) is 0.478. The predicted octanol–water partition coefficient (Wildman–Crippen LogP) is 7.05. The molecule has 0 unspecified atom stereocenters. The van der Waals surface area contributed by atoms with Gasteiger partial charge in [-0.3, -0.25) is 4.79 Å². The third-order valence-electron chi connectivity index (χ3n) is 7.98. The first kappa shape index (κ1) is 27.8. The molecular formula is C30H44N4O2. The van der Waals surface area contributed by atoms with Crippen molar-refractivity contribution in [1.82, 2.24) is 9.97 Å². The summed E-state index contributed by atoms with van der Waals surface area (Å²) in [5, 5.41) is 9.17. The lowest BCUT2D eigenvalue weighted by Crippen LogP contribution is -2.36. The topological polar surface area (TPSA) is 101 Å². The molecule has 2 aliphatic carbocycles. The number of nitrogen functional groups attached to an aromatic ring is 1. The highest BCUT2D eigenvalue weighted by molar-refractivity contribution is 6.07. The maximum atomic E-state index is 11.1. The van der Waals surface area contributed by atoms with Crippen LogP contribution in [0.3, 0.4) is 0 Å². The van der Waals surface area contributed by atoms with E-state index in [1.165, 1.54) is 35.9 Å². The van der Waals surface area contributed by atoms with E-state index >= 15 is 0 Å². The first-order valence-corrected chi connectivity index (χ1v) is 13.8. The second-order valence-electron chi connectivity index (χ2n) is 10.6. The van der Waals surface area contributed by atoms with Gasteiger partial charge in [-0.2, -0.15) is 0 Å². The summed E-state index contributed by atoms with van der Waals surface area (Å²) in [6, 6.07) is 6.92. The van der Waals surface area contributed by atoms with Gasteiger partial charge >= 0.3 is 5.97 Å². The summed E-state index contributed by atoms with van der Waals surface area (Å²) >= 11 is 0. The number of aryl methyl sites for hydroxylation is 1. The molecular weight excluding hydrogens is 448 g/mol. The SMILES string of the molecule is CC.CC.CC1(C)Cc2ncnc(N)c2N=C1c1ccc2c(c1)CCCC21CCC(CC(=O)O)CC1. The van der Waals surface area contributed by atoms with E-state index in [1.807, 2.05) is 27.7 Å². The molecule has 1 fully saturated rings. The largest absolute Gasteiger partial charge is 0.481 e. The van der Waals surface area contributed by atoms with Crippen molar-refractivity contribution in [2.45, 2.75) is 105 Å². The molecule has 36 heavy (non-hydrogen) atoms. The number of nitrogens with two attached hydrogens (primary N) is 1. The Hall–Kier alpha value is -2.76. The van der Waals surface area contributed by atoms with E-state index in [0.717, 1.165) is 49.9 Å². The van der Waals surface area contributed by atoms with Crippen molar-refractivity contribution >= 4 is 23.2 Å². The number of hydrogen-bond donors (Lipinski definition) is 2. The molecule has 1 saturated carbocycles. The van der Waals surface area contributed by atoms with Gasteiger partial charge in [-0.1, -0.05) is 53.7 Å². The van der Waals surface area contributed by atoms with Crippen LogP contribution >= 0.6 is 0 Å². The molecule has 2 heterocycles. The van der Waals surface area contributed by atoms with Crippen LogP contribution in [0.5, 0.6) is 0 Å². The number of carboxylic acid groups (broad SMARTS) is 1. The fourth-order valence-electron chi connectivity index (χ4n) is 6.32. The minimum Gasteiger partial charge on any atom is -0.481 e. The lowest BCUT2D eigenvalue weighted by atomic mass is 9.60. The Bertz CT molecular complexity index is 1100. The number of rotatable bonds is 3. The molecule has 0 amide bonds. The number of hydrogen-bond acceptors (Lipinski definition) is 5. The van der Waals surface area contributed by atoms with Gasteiger partial charge in [-0.25, -0.2) is 15.0 Å². The van der Waals surface area contributed by atoms with Gasteiger partial charge in [0.05, 0.1) is 11.4 Å². The summed E-state index contributed by atoms with van der Waals surface area (Å²) in [4.78, 5) is 24.7. The van der Waals surface area contributed by atoms with Gasteiger partial charge in [0.15, 0.2) is 5.82 Å². The Morgan fingerprint density at radius 3 is 2.44 bits per heavy atom. The van der Waals surface area contributed by atoms with Crippen LogP contribution in [0.1, 0.15) is 109 Å². The molecule has 196 valence electrons. The number of nitrogens with zero attached hydrogens (tertiary/aromatic N) is 3. The van der Waals surface area contributed by atoms with Crippen molar-refractivity contribution in [2.75, 3.05) is 5.73 Å². The molecule has 3 aliphatic rings. The monoisotopic (exact) mass is 492 g/mol. The van der Waals surface area contributed by atoms with Crippen LogP contribution in [-0.2, 0) is 23.1 Å². The number of carbonyl (C=O) groups is 1. The predicted molar refractivity (Wildman–Crippen MR) is 148 cm³/mol. The highest BCUT2D eigenvalue weighted by Crippen LogP contribution is 2.50. The standard InChI is InChI=1S/C26H32N4O2.2C2H6/c1-25(2)14-20-22(24(27)29-15-28-20)30-23(25)18-5-6-19-17(13-18)4-3-9-26(19)10-7-16(8-11-26)12-21(31)32;2*1-2/h5-6,13,15-16H,3-4,7-12,14H2,1-2H3,(H,31,32)(H2,27,28,29);2*1-2H3. The maximum Gasteiger partial charge on any atom is 0.303 e. The third kappa shape index (κ3) is 5.47. The summed E-state index contributed by atoms with van der Waals surface area (Å²) in [5.41, 5.74) is 13.0. The number of anilines is 1. The van der Waals surface area contributed by atoms with E-state index in [1.54, 1.807) is 0 Å². The van der Waals surface area contributed by atoms with Crippen molar-refractivity contribution in [3.8, 4) is 0 Å². The molecule has 3 N–H and O–H groups in total. The second-order valence-corrected chi connectivity index (χ2v) is 10.6. The Morgan fingerprint density at radius 2 is 1.78 bits per heavy atom. The minimum atomic E-state index is -0.664. The maximum absolute atomic E-state index is 11.1. The van der Waals surface area contributed by atoms with Crippen LogP contribution in [-0.4, -0.2) is 26.8 Å². The molecule has 6 heteroatoms. The van der Waals surface area contributed by atoms with Crippen molar-refractivity contribution < 1.29 is 9.90 Å². The van der Waals surface area contributed by atoms with Crippen molar-refractivity contribution in [3.05, 3.63) is 46.9 Å². The van der Waals surface area contributed by atoms with E-state index in [-0.39, 0.29) is 10.8 Å². The van der Waals surface area contributed by atoms with Crippen LogP contribution in [0.4, 0.5) is 11.5 Å². The van der Waals surface area contributed by atoms with E-state index in [0.29, 0.717) is 23.8 Å². The van der Waals surface area contributed by atoms with Crippen LogP contribution < -0.4 is 5.73 Å². The zero-order chi connectivity index (χ0) is 26.5.